The van der Waals surface area contributed by atoms with Gasteiger partial charge in [-0.3, -0.25) is 9.59 Å². The zero-order chi connectivity index (χ0) is 16.4. The first kappa shape index (κ1) is 15.6. The molecule has 118 valence electrons. The molecule has 0 aromatic heterocycles. The van der Waals surface area contributed by atoms with Crippen molar-refractivity contribution in [3.8, 4) is 5.75 Å². The van der Waals surface area contributed by atoms with Gasteiger partial charge >= 0.3 is 0 Å². The van der Waals surface area contributed by atoms with Gasteiger partial charge in [0.05, 0.1) is 11.6 Å². The van der Waals surface area contributed by atoms with E-state index in [4.69, 9.17) is 0 Å². The van der Waals surface area contributed by atoms with Crippen molar-refractivity contribution in [1.29, 1.82) is 0 Å². The molecule has 1 fully saturated rings. The molecule has 1 atom stereocenters. The van der Waals surface area contributed by atoms with Gasteiger partial charge in [0, 0.05) is 23.1 Å². The van der Waals surface area contributed by atoms with Crippen molar-refractivity contribution in [2.75, 3.05) is 16.8 Å². The molecular weight excluding hydrogens is 360 g/mol. The van der Waals surface area contributed by atoms with Crippen LogP contribution in [-0.2, 0) is 9.59 Å². The maximum absolute atomic E-state index is 12.3. The summed E-state index contributed by atoms with van der Waals surface area (Å²) in [4.78, 5) is 26.1. The highest BCUT2D eigenvalue weighted by molar-refractivity contribution is 9.10. The Morgan fingerprint density at radius 2 is 1.87 bits per heavy atom. The van der Waals surface area contributed by atoms with Crippen molar-refractivity contribution < 1.29 is 14.7 Å². The summed E-state index contributed by atoms with van der Waals surface area (Å²) in [6.45, 7) is 0.333. The van der Waals surface area contributed by atoms with Crippen LogP contribution in [0.2, 0.25) is 0 Å². The zero-order valence-corrected chi connectivity index (χ0v) is 13.8. The molecule has 5 nitrogen and oxygen atoms in total. The first-order valence-electron chi connectivity index (χ1n) is 7.19. The Labute approximate surface area is 142 Å². The molecule has 0 saturated carbocycles. The fourth-order valence-electron chi connectivity index (χ4n) is 2.57. The number of anilines is 2. The van der Waals surface area contributed by atoms with Crippen LogP contribution in [0.15, 0.2) is 53.0 Å². The van der Waals surface area contributed by atoms with Gasteiger partial charge in [-0.2, -0.15) is 0 Å². The maximum atomic E-state index is 12.3. The lowest BCUT2D eigenvalue weighted by molar-refractivity contribution is -0.122. The summed E-state index contributed by atoms with van der Waals surface area (Å²) in [5.74, 6) is -0.773. The molecular formula is C17H15BrN2O3. The first-order valence-corrected chi connectivity index (χ1v) is 7.98. The largest absolute Gasteiger partial charge is 0.506 e. The molecule has 2 amide bonds. The van der Waals surface area contributed by atoms with Gasteiger partial charge in [-0.25, -0.2) is 0 Å². The predicted octanol–water partition coefficient (Wildman–Crippen LogP) is 3.15. The number of aromatic hydroxyl groups is 1. The van der Waals surface area contributed by atoms with E-state index < -0.39 is 5.92 Å². The van der Waals surface area contributed by atoms with Crippen LogP contribution < -0.4 is 10.2 Å². The molecule has 0 spiro atoms. The van der Waals surface area contributed by atoms with E-state index in [0.29, 0.717) is 12.2 Å². The van der Waals surface area contributed by atoms with Crippen LogP contribution in [0.3, 0.4) is 0 Å². The van der Waals surface area contributed by atoms with Gasteiger partial charge in [-0.1, -0.05) is 28.1 Å². The summed E-state index contributed by atoms with van der Waals surface area (Å²) in [7, 11) is 0. The van der Waals surface area contributed by atoms with E-state index in [1.54, 1.807) is 23.1 Å². The minimum Gasteiger partial charge on any atom is -0.506 e. The molecule has 1 aliphatic heterocycles. The highest BCUT2D eigenvalue weighted by Gasteiger charge is 2.35. The fraction of sp³-hybridized carbons (Fsp3) is 0.176. The molecule has 3 rings (SSSR count). The molecule has 6 heteroatoms. The van der Waals surface area contributed by atoms with Crippen LogP contribution in [0.4, 0.5) is 11.4 Å². The van der Waals surface area contributed by atoms with Crippen molar-refractivity contribution in [2.45, 2.75) is 6.42 Å². The van der Waals surface area contributed by atoms with Crippen molar-refractivity contribution in [3.63, 3.8) is 0 Å². The number of hydrogen-bond donors (Lipinski definition) is 2. The summed E-state index contributed by atoms with van der Waals surface area (Å²) >= 11 is 3.36. The topological polar surface area (TPSA) is 69.6 Å². The van der Waals surface area contributed by atoms with Gasteiger partial charge in [-0.15, -0.1) is 0 Å². The second-order valence-electron chi connectivity index (χ2n) is 5.39. The van der Waals surface area contributed by atoms with Gasteiger partial charge in [0.1, 0.15) is 5.75 Å². The number of hydrogen-bond acceptors (Lipinski definition) is 3. The number of phenols is 1. The number of phenolic OH excluding ortho intramolecular Hbond substituents is 1. The van der Waals surface area contributed by atoms with Crippen LogP contribution in [0.25, 0.3) is 0 Å². The van der Waals surface area contributed by atoms with Gasteiger partial charge in [0.25, 0.3) is 0 Å². The van der Waals surface area contributed by atoms with Crippen LogP contribution in [0, 0.1) is 5.92 Å². The summed E-state index contributed by atoms with van der Waals surface area (Å²) in [6.07, 6.45) is 0.162. The standard InChI is InChI=1S/C17H15BrN2O3/c18-12-5-7-13(8-6-12)20-10-11(9-16(20)22)17(23)19-14-3-1-2-4-15(14)21/h1-8,11,21H,9-10H2,(H,19,23)/t11-/m1/s1. The number of nitrogens with zero attached hydrogens (tertiary/aromatic N) is 1. The predicted molar refractivity (Wildman–Crippen MR) is 91.3 cm³/mol. The number of halogens is 1. The fourth-order valence-corrected chi connectivity index (χ4v) is 2.83. The lowest BCUT2D eigenvalue weighted by atomic mass is 10.1. The summed E-state index contributed by atoms with van der Waals surface area (Å²) < 4.78 is 0.932. The third kappa shape index (κ3) is 3.37. The van der Waals surface area contributed by atoms with Gasteiger partial charge in [-0.05, 0) is 36.4 Å². The second kappa shape index (κ2) is 6.42. The van der Waals surface area contributed by atoms with E-state index in [9.17, 15) is 14.7 Å². The number of carbonyl (C=O) groups excluding carboxylic acids is 2. The number of benzene rings is 2. The van der Waals surface area contributed by atoms with E-state index in [1.807, 2.05) is 24.3 Å². The van der Waals surface area contributed by atoms with Gasteiger partial charge < -0.3 is 15.3 Å². The van der Waals surface area contributed by atoms with E-state index in [2.05, 4.69) is 21.2 Å². The average Bonchev–Trinajstić information content (AvgIpc) is 2.92. The summed E-state index contributed by atoms with van der Waals surface area (Å²) in [6, 6.07) is 13.9. The molecule has 23 heavy (non-hydrogen) atoms. The average molecular weight is 375 g/mol. The lowest BCUT2D eigenvalue weighted by Crippen LogP contribution is -2.28. The van der Waals surface area contributed by atoms with Crippen molar-refractivity contribution >= 4 is 39.1 Å². The van der Waals surface area contributed by atoms with Crippen LogP contribution in [-0.4, -0.2) is 23.5 Å². The van der Waals surface area contributed by atoms with Crippen LogP contribution in [0.5, 0.6) is 5.75 Å². The molecule has 2 aromatic carbocycles. The maximum Gasteiger partial charge on any atom is 0.229 e. The summed E-state index contributed by atoms with van der Waals surface area (Å²) in [5, 5.41) is 12.4. The van der Waals surface area contributed by atoms with E-state index in [0.717, 1.165) is 10.2 Å². The summed E-state index contributed by atoms with van der Waals surface area (Å²) in [5.41, 5.74) is 1.13. The minimum atomic E-state index is -0.439. The number of rotatable bonds is 3. The van der Waals surface area contributed by atoms with E-state index >= 15 is 0 Å². The molecule has 0 unspecified atom stereocenters. The third-order valence-corrected chi connectivity index (χ3v) is 4.32. The number of nitrogens with one attached hydrogen (secondary N) is 1. The normalized spacial score (nSPS) is 17.3. The minimum absolute atomic E-state index is 0.00920. The van der Waals surface area contributed by atoms with Gasteiger partial charge in [0.2, 0.25) is 11.8 Å². The van der Waals surface area contributed by atoms with Gasteiger partial charge in [0.15, 0.2) is 0 Å². The number of amides is 2. The van der Waals surface area contributed by atoms with E-state index in [-0.39, 0.29) is 24.0 Å². The molecule has 0 aliphatic carbocycles. The quantitative estimate of drug-likeness (QED) is 0.810. The van der Waals surface area contributed by atoms with Crippen molar-refractivity contribution in [1.82, 2.24) is 0 Å². The SMILES string of the molecule is O=C(Nc1ccccc1O)[C@@H]1CC(=O)N(c2ccc(Br)cc2)C1. The molecule has 2 N–H and O–H groups in total. The first-order chi connectivity index (χ1) is 11.0. The van der Waals surface area contributed by atoms with Crippen LogP contribution >= 0.6 is 15.9 Å². The number of carbonyl (C=O) groups is 2. The Kier molecular flexibility index (Phi) is 4.34. The molecule has 1 heterocycles. The smallest absolute Gasteiger partial charge is 0.229 e. The van der Waals surface area contributed by atoms with Crippen LogP contribution in [0.1, 0.15) is 6.42 Å². The van der Waals surface area contributed by atoms with E-state index in [1.165, 1.54) is 6.07 Å². The Morgan fingerprint density at radius 3 is 2.57 bits per heavy atom. The number of para-hydroxylation sites is 2. The highest BCUT2D eigenvalue weighted by atomic mass is 79.9. The molecule has 1 aliphatic rings. The molecule has 2 aromatic rings. The van der Waals surface area contributed by atoms with Crippen molar-refractivity contribution in [2.24, 2.45) is 5.92 Å². The Balaban J connectivity index is 1.71. The van der Waals surface area contributed by atoms with Crippen molar-refractivity contribution in [3.05, 3.63) is 53.0 Å². The Morgan fingerprint density at radius 1 is 1.17 bits per heavy atom. The second-order valence-corrected chi connectivity index (χ2v) is 6.30. The zero-order valence-electron chi connectivity index (χ0n) is 12.2. The highest BCUT2D eigenvalue weighted by Crippen LogP contribution is 2.28. The Bertz CT molecular complexity index is 746. The lowest BCUT2D eigenvalue weighted by Gasteiger charge is -2.17. The third-order valence-electron chi connectivity index (χ3n) is 3.80. The monoisotopic (exact) mass is 374 g/mol. The molecule has 1 saturated heterocycles. The molecule has 0 radical (unpaired) electrons. The Hall–Kier alpha value is -2.34. The molecule has 0 bridgehead atoms.